The van der Waals surface area contributed by atoms with Crippen LogP contribution in [0.3, 0.4) is 0 Å². The number of aromatic nitrogens is 3. The van der Waals surface area contributed by atoms with Crippen molar-refractivity contribution in [2.24, 2.45) is 5.92 Å². The monoisotopic (exact) mass is 579 g/mol. The van der Waals surface area contributed by atoms with Gasteiger partial charge in [-0.2, -0.15) is 5.10 Å². The number of ether oxygens (including phenoxy) is 2. The first-order valence-electron chi connectivity index (χ1n) is 13.6. The van der Waals surface area contributed by atoms with Crippen LogP contribution in [0.5, 0.6) is 0 Å². The Labute approximate surface area is 243 Å². The van der Waals surface area contributed by atoms with Crippen LogP contribution in [0.25, 0.3) is 0 Å². The second kappa shape index (κ2) is 13.4. The van der Waals surface area contributed by atoms with Crippen molar-refractivity contribution in [1.82, 2.24) is 19.7 Å². The van der Waals surface area contributed by atoms with Gasteiger partial charge in [-0.05, 0) is 68.8 Å². The molecule has 0 radical (unpaired) electrons. The van der Waals surface area contributed by atoms with Crippen LogP contribution in [0.4, 0.5) is 10.2 Å². The van der Waals surface area contributed by atoms with E-state index < -0.39 is 12.0 Å². The molecule has 11 heteroatoms. The van der Waals surface area contributed by atoms with Crippen LogP contribution < -0.4 is 5.32 Å². The van der Waals surface area contributed by atoms with Crippen molar-refractivity contribution in [3.05, 3.63) is 75.9 Å². The van der Waals surface area contributed by atoms with Gasteiger partial charge < -0.3 is 19.7 Å². The second-order valence-electron chi connectivity index (χ2n) is 10.1. The number of rotatable bonds is 7. The van der Waals surface area contributed by atoms with Crippen molar-refractivity contribution in [1.29, 1.82) is 0 Å². The summed E-state index contributed by atoms with van der Waals surface area (Å²) >= 11 is 6.35. The molecule has 5 rings (SSSR count). The summed E-state index contributed by atoms with van der Waals surface area (Å²) in [6.07, 6.45) is 4.11. The van der Waals surface area contributed by atoms with Crippen LogP contribution in [0.15, 0.2) is 42.7 Å². The standard InChI is InChI=1S/C30H31ClFN5O4/c1-20-16-22(3-2-21-4-6-24(32)7-5-21)17-33-29(20)35-30(39)27-25(31)18-34-37(27)13-12-36-10-8-23(9-11-36)28(38)26-19-40-14-15-41-26/h4-7,16-18,23,26H,8-15,19H2,1H3,(H,33,35,39). The van der Waals surface area contributed by atoms with Gasteiger partial charge in [-0.15, -0.1) is 0 Å². The fourth-order valence-corrected chi connectivity index (χ4v) is 5.20. The molecule has 1 unspecified atom stereocenters. The first kappa shape index (κ1) is 28.9. The number of benzene rings is 1. The van der Waals surface area contributed by atoms with Crippen molar-refractivity contribution in [2.75, 3.05) is 44.8 Å². The van der Waals surface area contributed by atoms with Crippen LogP contribution in [0.2, 0.25) is 5.02 Å². The maximum Gasteiger partial charge on any atom is 0.276 e. The average Bonchev–Trinajstić information content (AvgIpc) is 3.37. The van der Waals surface area contributed by atoms with Crippen molar-refractivity contribution >= 4 is 29.1 Å². The Hall–Kier alpha value is -3.62. The zero-order valence-electron chi connectivity index (χ0n) is 22.7. The summed E-state index contributed by atoms with van der Waals surface area (Å²) in [6.45, 7) is 5.86. The number of carbonyl (C=O) groups is 2. The minimum Gasteiger partial charge on any atom is -0.376 e. The molecule has 0 spiro atoms. The Balaban J connectivity index is 1.15. The lowest BCUT2D eigenvalue weighted by atomic mass is 9.90. The van der Waals surface area contributed by atoms with Crippen molar-refractivity contribution in [3.8, 4) is 11.8 Å². The van der Waals surface area contributed by atoms with E-state index in [-0.39, 0.29) is 28.2 Å². The molecule has 1 atom stereocenters. The van der Waals surface area contributed by atoms with Crippen molar-refractivity contribution < 1.29 is 23.5 Å². The summed E-state index contributed by atoms with van der Waals surface area (Å²) < 4.78 is 25.7. The van der Waals surface area contributed by atoms with Gasteiger partial charge in [0.25, 0.3) is 5.91 Å². The molecule has 3 aromatic rings. The molecule has 41 heavy (non-hydrogen) atoms. The number of hydrogen-bond donors (Lipinski definition) is 1. The highest BCUT2D eigenvalue weighted by atomic mass is 35.5. The lowest BCUT2D eigenvalue weighted by molar-refractivity contribution is -0.150. The van der Waals surface area contributed by atoms with Crippen LogP contribution in [-0.4, -0.2) is 76.9 Å². The van der Waals surface area contributed by atoms with Gasteiger partial charge in [0.2, 0.25) is 0 Å². The van der Waals surface area contributed by atoms with Crippen LogP contribution in [0.1, 0.15) is 40.0 Å². The van der Waals surface area contributed by atoms with E-state index in [9.17, 15) is 14.0 Å². The van der Waals surface area contributed by atoms with Crippen molar-refractivity contribution in [2.45, 2.75) is 32.4 Å². The van der Waals surface area contributed by atoms with Crippen LogP contribution >= 0.6 is 11.6 Å². The Morgan fingerprint density at radius 1 is 1.10 bits per heavy atom. The summed E-state index contributed by atoms with van der Waals surface area (Å²) in [6, 6.07) is 7.75. The number of nitrogens with one attached hydrogen (secondary N) is 1. The molecule has 0 bridgehead atoms. The maximum atomic E-state index is 13.2. The molecule has 2 aliphatic rings. The summed E-state index contributed by atoms with van der Waals surface area (Å²) in [4.78, 5) is 32.5. The molecular formula is C30H31ClFN5O4. The summed E-state index contributed by atoms with van der Waals surface area (Å²) in [7, 11) is 0. The third kappa shape index (κ3) is 7.37. The van der Waals surface area contributed by atoms with E-state index >= 15 is 0 Å². The molecule has 2 saturated heterocycles. The third-order valence-corrected chi connectivity index (χ3v) is 7.54. The van der Waals surface area contributed by atoms with Crippen molar-refractivity contribution in [3.63, 3.8) is 0 Å². The lowest BCUT2D eigenvalue weighted by Gasteiger charge is -2.33. The zero-order valence-corrected chi connectivity index (χ0v) is 23.5. The molecule has 9 nitrogen and oxygen atoms in total. The topological polar surface area (TPSA) is 98.6 Å². The normalized spacial score (nSPS) is 18.0. The Morgan fingerprint density at radius 2 is 1.85 bits per heavy atom. The van der Waals surface area contributed by atoms with E-state index in [0.29, 0.717) is 49.9 Å². The van der Waals surface area contributed by atoms with E-state index in [0.717, 1.165) is 31.5 Å². The third-order valence-electron chi connectivity index (χ3n) is 7.27. The zero-order chi connectivity index (χ0) is 28.8. The molecule has 1 amide bonds. The number of halogens is 2. The predicted molar refractivity (Wildman–Crippen MR) is 151 cm³/mol. The number of hydrogen-bond acceptors (Lipinski definition) is 7. The van der Waals surface area contributed by atoms with Gasteiger partial charge in [0.15, 0.2) is 5.78 Å². The van der Waals surface area contributed by atoms with Crippen LogP contribution in [0, 0.1) is 30.5 Å². The Morgan fingerprint density at radius 3 is 2.56 bits per heavy atom. The molecule has 2 fully saturated rings. The number of anilines is 1. The number of ketones is 1. The maximum absolute atomic E-state index is 13.2. The van der Waals surface area contributed by atoms with Crippen LogP contribution in [-0.2, 0) is 20.8 Å². The number of carbonyl (C=O) groups excluding carboxylic acids is 2. The summed E-state index contributed by atoms with van der Waals surface area (Å²) in [5.74, 6) is 5.76. The smallest absolute Gasteiger partial charge is 0.276 e. The number of amides is 1. The number of Topliss-reactive ketones (excluding diaryl/α,β-unsaturated/α-hetero) is 1. The summed E-state index contributed by atoms with van der Waals surface area (Å²) in [5, 5.41) is 7.39. The average molecular weight is 580 g/mol. The molecule has 4 heterocycles. The summed E-state index contributed by atoms with van der Waals surface area (Å²) in [5.41, 5.74) is 2.34. The number of pyridine rings is 1. The van der Waals surface area contributed by atoms with Gasteiger partial charge in [0, 0.05) is 29.8 Å². The highest BCUT2D eigenvalue weighted by Crippen LogP contribution is 2.23. The fourth-order valence-electron chi connectivity index (χ4n) is 4.97. The number of piperidine rings is 1. The highest BCUT2D eigenvalue weighted by Gasteiger charge is 2.32. The fraction of sp³-hybridized carbons (Fsp3) is 0.400. The van der Waals surface area contributed by atoms with E-state index in [1.807, 2.05) is 13.0 Å². The molecule has 2 aromatic heterocycles. The van der Waals surface area contributed by atoms with Gasteiger partial charge in [-0.3, -0.25) is 14.3 Å². The number of aryl methyl sites for hydroxylation is 1. The first-order valence-corrected chi connectivity index (χ1v) is 14.0. The Bertz CT molecular complexity index is 1450. The quantitative estimate of drug-likeness (QED) is 0.426. The Kier molecular flexibility index (Phi) is 9.42. The van der Waals surface area contributed by atoms with Gasteiger partial charge in [0.1, 0.15) is 23.4 Å². The van der Waals surface area contributed by atoms with Gasteiger partial charge in [-0.25, -0.2) is 9.37 Å². The molecular weight excluding hydrogens is 549 g/mol. The number of nitrogens with zero attached hydrogens (tertiary/aromatic N) is 4. The van der Waals surface area contributed by atoms with E-state index in [1.165, 1.54) is 18.3 Å². The molecule has 1 N–H and O–H groups in total. The van der Waals surface area contributed by atoms with E-state index in [1.54, 1.807) is 23.0 Å². The molecule has 214 valence electrons. The molecule has 0 aliphatic carbocycles. The first-order chi connectivity index (χ1) is 19.9. The molecule has 2 aliphatic heterocycles. The highest BCUT2D eigenvalue weighted by molar-refractivity contribution is 6.34. The van der Waals surface area contributed by atoms with Gasteiger partial charge >= 0.3 is 0 Å². The lowest BCUT2D eigenvalue weighted by Crippen LogP contribution is -2.44. The number of likely N-dealkylation sites (tertiary alicyclic amines) is 1. The van der Waals surface area contributed by atoms with Gasteiger partial charge in [-0.1, -0.05) is 23.4 Å². The SMILES string of the molecule is Cc1cc(C#Cc2ccc(F)cc2)cnc1NC(=O)c1c(Cl)cnn1CCN1CCC(C(=O)C2COCCO2)CC1. The predicted octanol–water partition coefficient (Wildman–Crippen LogP) is 3.73. The second-order valence-corrected chi connectivity index (χ2v) is 10.5. The minimum atomic E-state index is -0.448. The molecule has 0 saturated carbocycles. The minimum absolute atomic E-state index is 0.0190. The van der Waals surface area contributed by atoms with Gasteiger partial charge in [0.05, 0.1) is 37.6 Å². The molecule has 1 aromatic carbocycles. The van der Waals surface area contributed by atoms with E-state index in [4.69, 9.17) is 21.1 Å². The largest absolute Gasteiger partial charge is 0.376 e. The van der Waals surface area contributed by atoms with E-state index in [2.05, 4.69) is 32.1 Å².